The van der Waals surface area contributed by atoms with E-state index in [0.29, 0.717) is 18.8 Å². The predicted molar refractivity (Wildman–Crippen MR) is 126 cm³/mol. The molecule has 0 saturated carbocycles. The van der Waals surface area contributed by atoms with Crippen molar-refractivity contribution in [1.82, 2.24) is 24.9 Å². The summed E-state index contributed by atoms with van der Waals surface area (Å²) in [6, 6.07) is 14.2. The van der Waals surface area contributed by atoms with E-state index in [1.165, 1.54) is 5.56 Å². The molecule has 3 heterocycles. The van der Waals surface area contributed by atoms with Crippen molar-refractivity contribution in [2.24, 2.45) is 4.99 Å². The number of amides is 1. The molecule has 8 nitrogen and oxygen atoms in total. The second-order valence-corrected chi connectivity index (χ2v) is 8.33. The van der Waals surface area contributed by atoms with Crippen LogP contribution < -0.4 is 5.32 Å². The van der Waals surface area contributed by atoms with Gasteiger partial charge in [0.05, 0.1) is 6.26 Å². The number of hydrogen-bond acceptors (Lipinski definition) is 5. The molecule has 2 aliphatic heterocycles. The van der Waals surface area contributed by atoms with E-state index < -0.39 is 0 Å². The quantitative estimate of drug-likeness (QED) is 0.544. The number of nitrogens with one attached hydrogen (secondary N) is 1. The van der Waals surface area contributed by atoms with Crippen LogP contribution in [0.25, 0.3) is 0 Å². The summed E-state index contributed by atoms with van der Waals surface area (Å²) in [5.74, 6) is 1.28. The zero-order valence-electron chi connectivity index (χ0n) is 18.9. The van der Waals surface area contributed by atoms with Crippen LogP contribution in [0.3, 0.4) is 0 Å². The van der Waals surface area contributed by atoms with Gasteiger partial charge in [-0.1, -0.05) is 30.3 Å². The van der Waals surface area contributed by atoms with Gasteiger partial charge < -0.3 is 19.5 Å². The number of benzene rings is 1. The molecule has 0 bridgehead atoms. The Hall–Kier alpha value is -2.84. The predicted octanol–water partition coefficient (Wildman–Crippen LogP) is 1.43. The summed E-state index contributed by atoms with van der Waals surface area (Å²) >= 11 is 0. The molecule has 0 atom stereocenters. The Balaban J connectivity index is 1.14. The number of nitrogens with zero attached hydrogens (tertiary/aromatic N) is 5. The van der Waals surface area contributed by atoms with Crippen LogP contribution >= 0.6 is 0 Å². The molecule has 1 N–H and O–H groups in total. The van der Waals surface area contributed by atoms with Crippen molar-refractivity contribution < 1.29 is 9.21 Å². The number of piperazine rings is 2. The van der Waals surface area contributed by atoms with Gasteiger partial charge in [-0.2, -0.15) is 0 Å². The Bertz CT molecular complexity index is 854. The molecular weight excluding hydrogens is 404 g/mol. The van der Waals surface area contributed by atoms with Crippen molar-refractivity contribution in [1.29, 1.82) is 0 Å². The number of aliphatic imine (C=N–C) groups is 1. The number of guanidine groups is 1. The van der Waals surface area contributed by atoms with Crippen molar-refractivity contribution in [2.45, 2.75) is 6.54 Å². The molecule has 4 rings (SSSR count). The molecule has 32 heavy (non-hydrogen) atoms. The highest BCUT2D eigenvalue weighted by Crippen LogP contribution is 2.10. The minimum atomic E-state index is -0.0380. The zero-order chi connectivity index (χ0) is 22.2. The molecule has 1 amide bonds. The third-order valence-corrected chi connectivity index (χ3v) is 6.24. The van der Waals surface area contributed by atoms with E-state index in [9.17, 15) is 4.79 Å². The van der Waals surface area contributed by atoms with E-state index in [0.717, 1.165) is 64.9 Å². The van der Waals surface area contributed by atoms with E-state index in [1.54, 1.807) is 18.4 Å². The number of hydrogen-bond donors (Lipinski definition) is 1. The lowest BCUT2D eigenvalue weighted by atomic mass is 10.2. The van der Waals surface area contributed by atoms with Crippen LogP contribution in [0, 0.1) is 0 Å². The lowest BCUT2D eigenvalue weighted by Gasteiger charge is -2.37. The summed E-state index contributed by atoms with van der Waals surface area (Å²) < 4.78 is 5.24. The zero-order valence-corrected chi connectivity index (χ0v) is 18.9. The smallest absolute Gasteiger partial charge is 0.289 e. The minimum Gasteiger partial charge on any atom is -0.459 e. The molecule has 0 unspecified atom stereocenters. The maximum absolute atomic E-state index is 12.4. The normalized spacial score (nSPS) is 18.7. The van der Waals surface area contributed by atoms with Crippen molar-refractivity contribution in [3.63, 3.8) is 0 Å². The van der Waals surface area contributed by atoms with Gasteiger partial charge in [0.25, 0.3) is 5.91 Å². The molecule has 0 aliphatic carbocycles. The van der Waals surface area contributed by atoms with Gasteiger partial charge in [0.2, 0.25) is 0 Å². The fourth-order valence-corrected chi connectivity index (χ4v) is 4.35. The number of furan rings is 1. The topological polar surface area (TPSA) is 67.6 Å². The van der Waals surface area contributed by atoms with Gasteiger partial charge in [-0.25, -0.2) is 0 Å². The molecule has 1 aromatic heterocycles. The molecule has 2 aliphatic rings. The van der Waals surface area contributed by atoms with Crippen LogP contribution in [0.5, 0.6) is 0 Å². The monoisotopic (exact) mass is 438 g/mol. The molecular formula is C24H34N6O2. The van der Waals surface area contributed by atoms with E-state index in [4.69, 9.17) is 4.42 Å². The van der Waals surface area contributed by atoms with Crippen LogP contribution in [0.1, 0.15) is 16.1 Å². The Morgan fingerprint density at radius 3 is 2.25 bits per heavy atom. The molecule has 2 aromatic rings. The third kappa shape index (κ3) is 5.89. The Labute approximate surface area is 190 Å². The first-order valence-corrected chi connectivity index (χ1v) is 11.5. The van der Waals surface area contributed by atoms with Gasteiger partial charge >= 0.3 is 0 Å². The van der Waals surface area contributed by atoms with Crippen molar-refractivity contribution in [3.05, 3.63) is 60.1 Å². The van der Waals surface area contributed by atoms with Crippen molar-refractivity contribution >= 4 is 11.9 Å². The van der Waals surface area contributed by atoms with E-state index in [-0.39, 0.29) is 5.91 Å². The second-order valence-electron chi connectivity index (χ2n) is 8.33. The maximum atomic E-state index is 12.4. The summed E-state index contributed by atoms with van der Waals surface area (Å²) in [5, 5.41) is 3.51. The second kappa shape index (κ2) is 11.2. The number of carbonyl (C=O) groups is 1. The molecule has 8 heteroatoms. The highest BCUT2D eigenvalue weighted by Gasteiger charge is 2.25. The van der Waals surface area contributed by atoms with E-state index >= 15 is 0 Å². The van der Waals surface area contributed by atoms with Crippen LogP contribution in [-0.2, 0) is 6.54 Å². The van der Waals surface area contributed by atoms with Crippen LogP contribution in [0.2, 0.25) is 0 Å². The average molecular weight is 439 g/mol. The van der Waals surface area contributed by atoms with Crippen LogP contribution in [0.4, 0.5) is 0 Å². The van der Waals surface area contributed by atoms with Gasteiger partial charge in [0, 0.05) is 79.0 Å². The minimum absolute atomic E-state index is 0.0380. The van der Waals surface area contributed by atoms with E-state index in [2.05, 4.69) is 55.3 Å². The number of carbonyl (C=O) groups excluding carboxylic acids is 1. The molecule has 0 radical (unpaired) electrons. The highest BCUT2D eigenvalue weighted by molar-refractivity contribution is 5.91. The summed E-state index contributed by atoms with van der Waals surface area (Å²) in [5.41, 5.74) is 1.39. The number of rotatable bonds is 6. The fourth-order valence-electron chi connectivity index (χ4n) is 4.35. The van der Waals surface area contributed by atoms with Crippen molar-refractivity contribution in [3.8, 4) is 0 Å². The van der Waals surface area contributed by atoms with Gasteiger partial charge in [-0.05, 0) is 17.7 Å². The summed E-state index contributed by atoms with van der Waals surface area (Å²) in [4.78, 5) is 26.0. The molecule has 2 saturated heterocycles. The lowest BCUT2D eigenvalue weighted by Crippen LogP contribution is -2.54. The summed E-state index contributed by atoms with van der Waals surface area (Å²) in [6.07, 6.45) is 1.54. The SMILES string of the molecule is CN=C(NCCN1CCN(Cc2ccccc2)CC1)N1CCN(C(=O)c2ccco2)CC1. The first-order chi connectivity index (χ1) is 15.7. The van der Waals surface area contributed by atoms with Gasteiger partial charge in [-0.3, -0.25) is 19.6 Å². The van der Waals surface area contributed by atoms with Gasteiger partial charge in [0.15, 0.2) is 11.7 Å². The van der Waals surface area contributed by atoms with Gasteiger partial charge in [0.1, 0.15) is 0 Å². The first kappa shape index (κ1) is 22.4. The van der Waals surface area contributed by atoms with E-state index in [1.807, 2.05) is 11.9 Å². The maximum Gasteiger partial charge on any atom is 0.289 e. The molecule has 1 aromatic carbocycles. The Morgan fingerprint density at radius 1 is 0.906 bits per heavy atom. The molecule has 0 spiro atoms. The average Bonchev–Trinajstić information content (AvgIpc) is 3.38. The van der Waals surface area contributed by atoms with Crippen LogP contribution in [0.15, 0.2) is 58.1 Å². The summed E-state index contributed by atoms with van der Waals surface area (Å²) in [7, 11) is 1.82. The standard InChI is InChI=1S/C24H34N6O2/c1-25-24(30-17-15-29(16-18-30)23(31)22-8-5-19-32-22)26-9-10-27-11-13-28(14-12-27)20-21-6-3-2-4-7-21/h2-8,19H,9-18,20H2,1H3,(H,25,26). The highest BCUT2D eigenvalue weighted by atomic mass is 16.3. The Morgan fingerprint density at radius 2 is 1.59 bits per heavy atom. The Kier molecular flexibility index (Phi) is 7.79. The largest absolute Gasteiger partial charge is 0.459 e. The summed E-state index contributed by atoms with van der Waals surface area (Å²) in [6.45, 7) is 10.2. The molecule has 2 fully saturated rings. The third-order valence-electron chi connectivity index (χ3n) is 6.24. The molecule has 172 valence electrons. The first-order valence-electron chi connectivity index (χ1n) is 11.5. The van der Waals surface area contributed by atoms with Crippen molar-refractivity contribution in [2.75, 3.05) is 72.5 Å². The van der Waals surface area contributed by atoms with Crippen LogP contribution in [-0.4, -0.2) is 104 Å². The lowest BCUT2D eigenvalue weighted by molar-refractivity contribution is 0.0657. The fraction of sp³-hybridized carbons (Fsp3) is 0.500. The van der Waals surface area contributed by atoms with Gasteiger partial charge in [-0.15, -0.1) is 0 Å².